The van der Waals surface area contributed by atoms with Crippen molar-refractivity contribution in [1.29, 1.82) is 5.26 Å². The van der Waals surface area contributed by atoms with E-state index in [1.807, 2.05) is 36.4 Å². The Balaban J connectivity index is 1.78. The standard InChI is InChI=1S/C18H14N4O2/c1-12-16(17(22-24-12)14-5-3-2-4-6-14)18(23)21-11-15-8-7-13(9-19)10-20-15/h2-8,10H,11H2,1H3,(H,21,23). The van der Waals surface area contributed by atoms with Crippen molar-refractivity contribution in [3.05, 3.63) is 71.2 Å². The van der Waals surface area contributed by atoms with E-state index in [9.17, 15) is 4.79 Å². The van der Waals surface area contributed by atoms with Gasteiger partial charge in [0.2, 0.25) is 0 Å². The predicted octanol–water partition coefficient (Wildman–Crippen LogP) is 2.85. The lowest BCUT2D eigenvalue weighted by Crippen LogP contribution is -2.24. The molecule has 0 aliphatic heterocycles. The number of carbonyl (C=O) groups excluding carboxylic acids is 1. The monoisotopic (exact) mass is 318 g/mol. The highest BCUT2D eigenvalue weighted by molar-refractivity contribution is 6.00. The molecule has 0 bridgehead atoms. The number of nitriles is 1. The molecule has 0 unspecified atom stereocenters. The summed E-state index contributed by atoms with van der Waals surface area (Å²) in [6.07, 6.45) is 1.47. The van der Waals surface area contributed by atoms with E-state index in [1.54, 1.807) is 19.1 Å². The molecule has 6 nitrogen and oxygen atoms in total. The number of rotatable bonds is 4. The van der Waals surface area contributed by atoms with Crippen LogP contribution in [0.1, 0.15) is 27.4 Å². The molecule has 1 N–H and O–H groups in total. The summed E-state index contributed by atoms with van der Waals surface area (Å²) in [5, 5.41) is 15.6. The van der Waals surface area contributed by atoms with E-state index in [0.717, 1.165) is 5.56 Å². The highest BCUT2D eigenvalue weighted by atomic mass is 16.5. The molecule has 0 aliphatic carbocycles. The van der Waals surface area contributed by atoms with Gasteiger partial charge < -0.3 is 9.84 Å². The van der Waals surface area contributed by atoms with Gasteiger partial charge in [0.05, 0.1) is 17.8 Å². The molecule has 3 rings (SSSR count). The maximum atomic E-state index is 12.5. The van der Waals surface area contributed by atoms with Crippen LogP contribution in [0.4, 0.5) is 0 Å². The summed E-state index contributed by atoms with van der Waals surface area (Å²) in [6.45, 7) is 1.96. The number of hydrogen-bond donors (Lipinski definition) is 1. The minimum atomic E-state index is -0.279. The molecule has 118 valence electrons. The lowest BCUT2D eigenvalue weighted by atomic mass is 10.1. The van der Waals surface area contributed by atoms with Crippen LogP contribution in [-0.2, 0) is 6.54 Å². The summed E-state index contributed by atoms with van der Waals surface area (Å²) in [4.78, 5) is 16.7. The Bertz CT molecular complexity index is 893. The van der Waals surface area contributed by atoms with Gasteiger partial charge in [0.25, 0.3) is 5.91 Å². The van der Waals surface area contributed by atoms with Gasteiger partial charge in [-0.3, -0.25) is 9.78 Å². The number of aryl methyl sites for hydroxylation is 1. The Hall–Kier alpha value is -3.46. The Morgan fingerprint density at radius 3 is 2.71 bits per heavy atom. The quantitative estimate of drug-likeness (QED) is 0.798. The van der Waals surface area contributed by atoms with Gasteiger partial charge in [-0.05, 0) is 19.1 Å². The van der Waals surface area contributed by atoms with Gasteiger partial charge in [-0.1, -0.05) is 35.5 Å². The van der Waals surface area contributed by atoms with Gasteiger partial charge in [0, 0.05) is 11.8 Å². The average Bonchev–Trinajstić information content (AvgIpc) is 3.02. The van der Waals surface area contributed by atoms with Crippen molar-refractivity contribution < 1.29 is 9.32 Å². The fourth-order valence-corrected chi connectivity index (χ4v) is 2.29. The molecule has 2 heterocycles. The fraction of sp³-hybridized carbons (Fsp3) is 0.111. The zero-order chi connectivity index (χ0) is 16.9. The summed E-state index contributed by atoms with van der Waals surface area (Å²) in [7, 11) is 0. The normalized spacial score (nSPS) is 10.2. The van der Waals surface area contributed by atoms with E-state index in [1.165, 1.54) is 6.20 Å². The number of carbonyl (C=O) groups is 1. The fourth-order valence-electron chi connectivity index (χ4n) is 2.29. The maximum Gasteiger partial charge on any atom is 0.257 e. The number of benzene rings is 1. The van der Waals surface area contributed by atoms with Crippen LogP contribution in [-0.4, -0.2) is 16.0 Å². The molecule has 0 spiro atoms. The van der Waals surface area contributed by atoms with Crippen molar-refractivity contribution in [2.24, 2.45) is 0 Å². The van der Waals surface area contributed by atoms with Crippen LogP contribution < -0.4 is 5.32 Å². The molecule has 1 aromatic carbocycles. The molecular weight excluding hydrogens is 304 g/mol. The Morgan fingerprint density at radius 2 is 2.04 bits per heavy atom. The molecule has 0 saturated heterocycles. The summed E-state index contributed by atoms with van der Waals surface area (Å²) in [5.41, 5.74) is 2.88. The molecule has 1 amide bonds. The molecule has 0 saturated carbocycles. The van der Waals surface area contributed by atoms with Crippen LogP contribution >= 0.6 is 0 Å². The minimum absolute atomic E-state index is 0.253. The van der Waals surface area contributed by atoms with Gasteiger partial charge in [-0.15, -0.1) is 0 Å². The predicted molar refractivity (Wildman–Crippen MR) is 86.8 cm³/mol. The summed E-state index contributed by atoms with van der Waals surface area (Å²) < 4.78 is 5.19. The Morgan fingerprint density at radius 1 is 1.25 bits per heavy atom. The summed E-state index contributed by atoms with van der Waals surface area (Å²) in [5.74, 6) is 0.179. The molecular formula is C18H14N4O2. The van der Waals surface area contributed by atoms with Crippen LogP contribution in [0.3, 0.4) is 0 Å². The maximum absolute atomic E-state index is 12.5. The third-order valence-electron chi connectivity index (χ3n) is 3.52. The van der Waals surface area contributed by atoms with Crippen molar-refractivity contribution in [1.82, 2.24) is 15.5 Å². The lowest BCUT2D eigenvalue weighted by molar-refractivity contribution is 0.0949. The number of amides is 1. The van der Waals surface area contributed by atoms with Gasteiger partial charge in [-0.25, -0.2) is 0 Å². The van der Waals surface area contributed by atoms with Gasteiger partial charge >= 0.3 is 0 Å². The van der Waals surface area contributed by atoms with Crippen LogP contribution in [0.25, 0.3) is 11.3 Å². The zero-order valence-corrected chi connectivity index (χ0v) is 13.0. The second-order valence-corrected chi connectivity index (χ2v) is 5.16. The van der Waals surface area contributed by atoms with Gasteiger partial charge in [0.15, 0.2) is 0 Å². The SMILES string of the molecule is Cc1onc(-c2ccccc2)c1C(=O)NCc1ccc(C#N)cn1. The van der Waals surface area contributed by atoms with E-state index in [2.05, 4.69) is 15.5 Å². The number of aromatic nitrogens is 2. The zero-order valence-electron chi connectivity index (χ0n) is 13.0. The third-order valence-corrected chi connectivity index (χ3v) is 3.52. The highest BCUT2D eigenvalue weighted by Crippen LogP contribution is 2.24. The molecule has 0 radical (unpaired) electrons. The molecule has 0 atom stereocenters. The van der Waals surface area contributed by atoms with Crippen molar-refractivity contribution >= 4 is 5.91 Å². The molecule has 0 fully saturated rings. The first kappa shape index (κ1) is 15.4. The van der Waals surface area contributed by atoms with Crippen LogP contribution in [0, 0.1) is 18.3 Å². The Labute approximate surface area is 138 Å². The highest BCUT2D eigenvalue weighted by Gasteiger charge is 2.21. The third kappa shape index (κ3) is 3.15. The molecule has 6 heteroatoms. The number of hydrogen-bond acceptors (Lipinski definition) is 5. The van der Waals surface area contributed by atoms with E-state index >= 15 is 0 Å². The van der Waals surface area contributed by atoms with Crippen LogP contribution in [0.5, 0.6) is 0 Å². The largest absolute Gasteiger partial charge is 0.360 e. The Kier molecular flexibility index (Phi) is 4.34. The van der Waals surface area contributed by atoms with E-state index in [0.29, 0.717) is 28.3 Å². The summed E-state index contributed by atoms with van der Waals surface area (Å²) in [6, 6.07) is 14.8. The van der Waals surface area contributed by atoms with Crippen molar-refractivity contribution in [2.75, 3.05) is 0 Å². The van der Waals surface area contributed by atoms with E-state index < -0.39 is 0 Å². The smallest absolute Gasteiger partial charge is 0.257 e. The van der Waals surface area contributed by atoms with Crippen molar-refractivity contribution in [2.45, 2.75) is 13.5 Å². The number of nitrogens with one attached hydrogen (secondary N) is 1. The lowest BCUT2D eigenvalue weighted by Gasteiger charge is -2.05. The summed E-state index contributed by atoms with van der Waals surface area (Å²) >= 11 is 0. The molecule has 2 aromatic heterocycles. The second-order valence-electron chi connectivity index (χ2n) is 5.16. The van der Waals surface area contributed by atoms with Crippen LogP contribution in [0.2, 0.25) is 0 Å². The van der Waals surface area contributed by atoms with Gasteiger partial charge in [0.1, 0.15) is 23.1 Å². The first-order chi connectivity index (χ1) is 11.7. The first-order valence-corrected chi connectivity index (χ1v) is 7.34. The topological polar surface area (TPSA) is 91.8 Å². The number of pyridine rings is 1. The number of nitrogens with zero attached hydrogens (tertiary/aromatic N) is 3. The van der Waals surface area contributed by atoms with E-state index in [-0.39, 0.29) is 12.5 Å². The van der Waals surface area contributed by atoms with Crippen LogP contribution in [0.15, 0.2) is 53.2 Å². The van der Waals surface area contributed by atoms with E-state index in [4.69, 9.17) is 9.78 Å². The average molecular weight is 318 g/mol. The molecule has 24 heavy (non-hydrogen) atoms. The van der Waals surface area contributed by atoms with Crippen molar-refractivity contribution in [3.8, 4) is 17.3 Å². The minimum Gasteiger partial charge on any atom is -0.360 e. The molecule has 3 aromatic rings. The van der Waals surface area contributed by atoms with Gasteiger partial charge in [-0.2, -0.15) is 5.26 Å². The molecule has 0 aliphatic rings. The first-order valence-electron chi connectivity index (χ1n) is 7.34. The second kappa shape index (κ2) is 6.75. The van der Waals surface area contributed by atoms with Crippen molar-refractivity contribution in [3.63, 3.8) is 0 Å².